The van der Waals surface area contributed by atoms with Crippen molar-refractivity contribution in [2.24, 2.45) is 0 Å². The van der Waals surface area contributed by atoms with E-state index in [9.17, 15) is 14.9 Å². The van der Waals surface area contributed by atoms with Crippen molar-refractivity contribution >= 4 is 11.6 Å². The zero-order valence-electron chi connectivity index (χ0n) is 8.58. The summed E-state index contributed by atoms with van der Waals surface area (Å²) in [5.74, 6) is -0.745. The lowest BCUT2D eigenvalue weighted by atomic mass is 10.4. The fourth-order valence-electron chi connectivity index (χ4n) is 0.993. The first-order chi connectivity index (χ1) is 7.65. The maximum absolute atomic E-state index is 11.1. The van der Waals surface area contributed by atoms with E-state index in [0.717, 1.165) is 0 Å². The number of aromatic nitrogens is 1. The zero-order chi connectivity index (χ0) is 12.0. The van der Waals surface area contributed by atoms with Crippen molar-refractivity contribution in [3.8, 4) is 5.75 Å². The highest BCUT2D eigenvalue weighted by atomic mass is 16.6. The van der Waals surface area contributed by atoms with Gasteiger partial charge in [-0.15, -0.1) is 0 Å². The molecule has 16 heavy (non-hydrogen) atoms. The Bertz CT molecular complexity index is 393. The van der Waals surface area contributed by atoms with Crippen LogP contribution in [0, 0.1) is 10.1 Å². The maximum atomic E-state index is 11.1. The lowest BCUT2D eigenvalue weighted by molar-refractivity contribution is -0.390. The first-order valence-corrected chi connectivity index (χ1v) is 4.38. The van der Waals surface area contributed by atoms with Gasteiger partial charge in [-0.3, -0.25) is 4.79 Å². The fourth-order valence-corrected chi connectivity index (χ4v) is 0.993. The molecule has 0 aliphatic carbocycles. The number of ketones is 1. The molecule has 1 aromatic heterocycles. The molecule has 1 rings (SSSR count). The minimum atomic E-state index is -0.671. The van der Waals surface area contributed by atoms with Crippen molar-refractivity contribution in [2.45, 2.75) is 0 Å². The van der Waals surface area contributed by atoms with E-state index in [1.807, 2.05) is 0 Å². The molecule has 0 amide bonds. The molecule has 1 heterocycles. The number of hydrogen-bond acceptors (Lipinski definition) is 6. The fraction of sp³-hybridized carbons (Fsp3) is 0.333. The Morgan fingerprint density at radius 2 is 2.31 bits per heavy atom. The second-order valence-corrected chi connectivity index (χ2v) is 2.84. The second-order valence-electron chi connectivity index (χ2n) is 2.84. The van der Waals surface area contributed by atoms with Crippen LogP contribution in [0.5, 0.6) is 5.75 Å². The summed E-state index contributed by atoms with van der Waals surface area (Å²) >= 11 is 0. The second kappa shape index (κ2) is 5.76. The van der Waals surface area contributed by atoms with E-state index in [1.54, 1.807) is 0 Å². The van der Waals surface area contributed by atoms with Crippen molar-refractivity contribution in [1.82, 2.24) is 4.98 Å². The zero-order valence-corrected chi connectivity index (χ0v) is 8.58. The quantitative estimate of drug-likeness (QED) is 0.520. The molecule has 0 bridgehead atoms. The lowest BCUT2D eigenvalue weighted by Crippen LogP contribution is -2.16. The minimum Gasteiger partial charge on any atom is -0.478 e. The Morgan fingerprint density at radius 3 is 2.94 bits per heavy atom. The Morgan fingerprint density at radius 1 is 1.56 bits per heavy atom. The summed E-state index contributed by atoms with van der Waals surface area (Å²) in [6, 6.07) is 2.87. The van der Waals surface area contributed by atoms with Crippen LogP contribution in [0.1, 0.15) is 0 Å². The first-order valence-electron chi connectivity index (χ1n) is 4.38. The van der Waals surface area contributed by atoms with Gasteiger partial charge in [0, 0.05) is 7.11 Å². The van der Waals surface area contributed by atoms with Crippen molar-refractivity contribution < 1.29 is 19.2 Å². The van der Waals surface area contributed by atoms with Gasteiger partial charge in [-0.25, -0.2) is 0 Å². The van der Waals surface area contributed by atoms with E-state index >= 15 is 0 Å². The topological polar surface area (TPSA) is 91.6 Å². The third-order valence-corrected chi connectivity index (χ3v) is 1.62. The number of methoxy groups -OCH3 is 1. The van der Waals surface area contributed by atoms with Gasteiger partial charge in [0.2, 0.25) is 5.75 Å². The summed E-state index contributed by atoms with van der Waals surface area (Å²) in [6.45, 7) is -0.367. The molecule has 0 unspecified atom stereocenters. The summed E-state index contributed by atoms with van der Waals surface area (Å²) in [5, 5.41) is 10.5. The number of Topliss-reactive ketones (excluding diaryl/α,β-unsaturated/α-hetero) is 1. The summed E-state index contributed by atoms with van der Waals surface area (Å²) < 4.78 is 9.57. The van der Waals surface area contributed by atoms with E-state index in [4.69, 9.17) is 4.74 Å². The van der Waals surface area contributed by atoms with Crippen LogP contribution in [0.3, 0.4) is 0 Å². The van der Waals surface area contributed by atoms with Gasteiger partial charge in [-0.2, -0.15) is 0 Å². The van der Waals surface area contributed by atoms with Crippen LogP contribution in [-0.4, -0.2) is 36.0 Å². The highest BCUT2D eigenvalue weighted by molar-refractivity contribution is 5.81. The normalized spacial score (nSPS) is 9.81. The van der Waals surface area contributed by atoms with Crippen LogP contribution >= 0.6 is 0 Å². The predicted molar refractivity (Wildman–Crippen MR) is 53.3 cm³/mol. The predicted octanol–water partition coefficient (Wildman–Crippen LogP) is 0.584. The summed E-state index contributed by atoms with van der Waals surface area (Å²) in [7, 11) is 1.38. The van der Waals surface area contributed by atoms with Gasteiger partial charge in [-0.05, 0) is 22.0 Å². The summed E-state index contributed by atoms with van der Waals surface area (Å²) in [6.07, 6.45) is 1.28. The van der Waals surface area contributed by atoms with E-state index in [-0.39, 0.29) is 24.7 Å². The summed E-state index contributed by atoms with van der Waals surface area (Å²) in [5.41, 5.74) is 0. The number of carbonyl (C=O) groups is 1. The molecule has 0 atom stereocenters. The molecule has 7 nitrogen and oxygen atoms in total. The van der Waals surface area contributed by atoms with Crippen molar-refractivity contribution in [3.05, 3.63) is 28.4 Å². The number of ether oxygens (including phenoxy) is 2. The van der Waals surface area contributed by atoms with E-state index in [2.05, 4.69) is 9.72 Å². The number of carbonyl (C=O) groups excluding carboxylic acids is 1. The van der Waals surface area contributed by atoms with Crippen LogP contribution in [0.2, 0.25) is 0 Å². The van der Waals surface area contributed by atoms with E-state index < -0.39 is 10.7 Å². The van der Waals surface area contributed by atoms with Crippen molar-refractivity contribution in [3.63, 3.8) is 0 Å². The maximum Gasteiger partial charge on any atom is 0.406 e. The molecule has 0 radical (unpaired) electrons. The molecule has 0 aromatic carbocycles. The SMILES string of the molecule is COCC(=O)COc1cccnc1[N+](=O)[O-]. The Hall–Kier alpha value is -2.02. The molecule has 0 fully saturated rings. The molecule has 0 aliphatic heterocycles. The lowest BCUT2D eigenvalue weighted by Gasteiger charge is -2.04. The van der Waals surface area contributed by atoms with Crippen LogP contribution in [0.15, 0.2) is 18.3 Å². The van der Waals surface area contributed by atoms with E-state index in [1.165, 1.54) is 25.4 Å². The molecule has 1 aromatic rings. The molecule has 7 heteroatoms. The van der Waals surface area contributed by atoms with Crippen molar-refractivity contribution in [2.75, 3.05) is 20.3 Å². The van der Waals surface area contributed by atoms with Crippen LogP contribution in [-0.2, 0) is 9.53 Å². The average molecular weight is 226 g/mol. The molecular formula is C9H10N2O5. The van der Waals surface area contributed by atoms with Gasteiger partial charge in [0.25, 0.3) is 0 Å². The molecule has 86 valence electrons. The van der Waals surface area contributed by atoms with Gasteiger partial charge >= 0.3 is 5.82 Å². The number of nitro groups is 1. The number of hydrogen-bond donors (Lipinski definition) is 0. The molecule has 0 spiro atoms. The standard InChI is InChI=1S/C9H10N2O5/c1-15-5-7(12)6-16-8-3-2-4-10-9(8)11(13)14/h2-4H,5-6H2,1H3. The summed E-state index contributed by atoms with van der Waals surface area (Å²) in [4.78, 5) is 24.5. The number of pyridine rings is 1. The molecule has 0 saturated heterocycles. The Kier molecular flexibility index (Phi) is 4.34. The first kappa shape index (κ1) is 12.1. The van der Waals surface area contributed by atoms with Gasteiger partial charge < -0.3 is 19.6 Å². The molecule has 0 aliphatic rings. The van der Waals surface area contributed by atoms with E-state index in [0.29, 0.717) is 0 Å². The van der Waals surface area contributed by atoms with Gasteiger partial charge in [-0.1, -0.05) is 0 Å². The van der Waals surface area contributed by atoms with Crippen LogP contribution in [0.4, 0.5) is 5.82 Å². The molecule has 0 N–H and O–H groups in total. The average Bonchev–Trinajstić information content (AvgIpc) is 2.27. The van der Waals surface area contributed by atoms with Crippen LogP contribution < -0.4 is 4.74 Å². The van der Waals surface area contributed by atoms with Crippen molar-refractivity contribution in [1.29, 1.82) is 0 Å². The highest BCUT2D eigenvalue weighted by Gasteiger charge is 2.16. The van der Waals surface area contributed by atoms with Gasteiger partial charge in [0.05, 0.1) is 0 Å². The Labute approximate surface area is 91.2 Å². The highest BCUT2D eigenvalue weighted by Crippen LogP contribution is 2.22. The third kappa shape index (κ3) is 3.28. The third-order valence-electron chi connectivity index (χ3n) is 1.62. The minimum absolute atomic E-state index is 0.0306. The molecular weight excluding hydrogens is 216 g/mol. The number of nitrogens with zero attached hydrogens (tertiary/aromatic N) is 2. The smallest absolute Gasteiger partial charge is 0.406 e. The molecule has 0 saturated carbocycles. The van der Waals surface area contributed by atoms with Gasteiger partial charge in [0.15, 0.2) is 5.78 Å². The number of rotatable bonds is 6. The van der Waals surface area contributed by atoms with Crippen LogP contribution in [0.25, 0.3) is 0 Å². The largest absolute Gasteiger partial charge is 0.478 e. The Balaban J connectivity index is 2.66. The monoisotopic (exact) mass is 226 g/mol. The van der Waals surface area contributed by atoms with Gasteiger partial charge in [0.1, 0.15) is 19.4 Å².